The van der Waals surface area contributed by atoms with Crippen molar-refractivity contribution >= 4 is 16.9 Å². The molecule has 0 aliphatic rings. The third-order valence-corrected chi connectivity index (χ3v) is 1.89. The van der Waals surface area contributed by atoms with E-state index in [9.17, 15) is 9.90 Å². The van der Waals surface area contributed by atoms with Crippen molar-refractivity contribution in [2.45, 2.75) is 0 Å². The number of nitrogens with zero attached hydrogens (tertiary/aromatic N) is 1. The van der Waals surface area contributed by atoms with Crippen molar-refractivity contribution in [2.75, 3.05) is 0 Å². The molecular formula is C10H7NO3. The van der Waals surface area contributed by atoms with E-state index in [-0.39, 0.29) is 11.4 Å². The minimum absolute atomic E-state index is 0.0249. The first-order valence-corrected chi connectivity index (χ1v) is 4.00. The fraction of sp³-hybridized carbons (Fsp3) is 0. The minimum atomic E-state index is -1.07. The number of hydrogen-bond acceptors (Lipinski definition) is 3. The maximum Gasteiger partial charge on any atom is 0.354 e. The lowest BCUT2D eigenvalue weighted by atomic mass is 10.2. The lowest BCUT2D eigenvalue weighted by molar-refractivity contribution is 0.0691. The normalized spacial score (nSPS) is 10.3. The number of aromatic carboxylic acids is 1. The van der Waals surface area contributed by atoms with E-state index in [1.165, 1.54) is 18.2 Å². The highest BCUT2D eigenvalue weighted by atomic mass is 16.4. The van der Waals surface area contributed by atoms with E-state index >= 15 is 0 Å². The molecule has 0 atom stereocenters. The van der Waals surface area contributed by atoms with Crippen LogP contribution in [-0.2, 0) is 0 Å². The number of carboxylic acids is 1. The van der Waals surface area contributed by atoms with Gasteiger partial charge in [0.25, 0.3) is 0 Å². The summed E-state index contributed by atoms with van der Waals surface area (Å²) in [6.07, 6.45) is 0. The van der Waals surface area contributed by atoms with Gasteiger partial charge in [-0.05, 0) is 18.2 Å². The second-order valence-electron chi connectivity index (χ2n) is 2.88. The van der Waals surface area contributed by atoms with Crippen LogP contribution in [0.4, 0.5) is 0 Å². The zero-order chi connectivity index (χ0) is 10.1. The molecule has 0 aliphatic carbocycles. The Hall–Kier alpha value is -2.10. The Bertz CT molecular complexity index is 508. The molecule has 0 saturated heterocycles. The van der Waals surface area contributed by atoms with Crippen LogP contribution in [0, 0.1) is 0 Å². The molecule has 70 valence electrons. The molecule has 2 rings (SSSR count). The van der Waals surface area contributed by atoms with Crippen LogP contribution in [0.1, 0.15) is 10.5 Å². The Morgan fingerprint density at radius 1 is 1.21 bits per heavy atom. The van der Waals surface area contributed by atoms with E-state index in [2.05, 4.69) is 4.98 Å². The lowest BCUT2D eigenvalue weighted by Gasteiger charge is -1.99. The summed E-state index contributed by atoms with van der Waals surface area (Å²) in [7, 11) is 0. The number of benzene rings is 1. The number of carbonyl (C=O) groups is 1. The summed E-state index contributed by atoms with van der Waals surface area (Å²) in [6.45, 7) is 0. The van der Waals surface area contributed by atoms with Crippen LogP contribution < -0.4 is 0 Å². The molecule has 0 amide bonds. The van der Waals surface area contributed by atoms with Crippen molar-refractivity contribution < 1.29 is 15.0 Å². The standard InChI is InChI=1S/C10H7NO3/c12-7-3-1-6-2-4-8(10(13)14)11-9(6)5-7/h1-5,12H,(H,13,14). The quantitative estimate of drug-likeness (QED) is 0.715. The highest BCUT2D eigenvalue weighted by molar-refractivity contribution is 5.90. The molecule has 4 heteroatoms. The number of fused-ring (bicyclic) bond motifs is 1. The van der Waals surface area contributed by atoms with Crippen LogP contribution in [-0.4, -0.2) is 21.2 Å². The molecule has 1 aromatic carbocycles. The van der Waals surface area contributed by atoms with Crippen LogP contribution >= 0.6 is 0 Å². The first kappa shape index (κ1) is 8.50. The van der Waals surface area contributed by atoms with Crippen molar-refractivity contribution in [2.24, 2.45) is 0 Å². The number of phenols is 1. The van der Waals surface area contributed by atoms with Crippen LogP contribution in [0.15, 0.2) is 30.3 Å². The van der Waals surface area contributed by atoms with Gasteiger partial charge in [-0.15, -0.1) is 0 Å². The first-order valence-electron chi connectivity index (χ1n) is 4.00. The Balaban J connectivity index is 2.69. The number of rotatable bonds is 1. The van der Waals surface area contributed by atoms with E-state index in [0.717, 1.165) is 5.39 Å². The number of aromatic hydroxyl groups is 1. The fourth-order valence-electron chi connectivity index (χ4n) is 1.22. The summed E-state index contributed by atoms with van der Waals surface area (Å²) in [6, 6.07) is 7.74. The summed E-state index contributed by atoms with van der Waals surface area (Å²) in [5.74, 6) is -0.997. The maximum absolute atomic E-state index is 10.6. The van der Waals surface area contributed by atoms with E-state index in [1.54, 1.807) is 12.1 Å². The van der Waals surface area contributed by atoms with Gasteiger partial charge in [0.1, 0.15) is 11.4 Å². The van der Waals surface area contributed by atoms with Gasteiger partial charge in [-0.3, -0.25) is 0 Å². The molecule has 14 heavy (non-hydrogen) atoms. The molecule has 0 aliphatic heterocycles. The third kappa shape index (κ3) is 1.37. The van der Waals surface area contributed by atoms with Gasteiger partial charge in [-0.2, -0.15) is 0 Å². The summed E-state index contributed by atoms with van der Waals surface area (Å²) in [5.41, 5.74) is 0.452. The number of aromatic nitrogens is 1. The van der Waals surface area contributed by atoms with Gasteiger partial charge in [0.05, 0.1) is 5.52 Å². The molecule has 0 saturated carbocycles. The number of phenolic OH excluding ortho intramolecular Hbond substituents is 1. The zero-order valence-corrected chi connectivity index (χ0v) is 7.14. The van der Waals surface area contributed by atoms with Crippen molar-refractivity contribution in [1.82, 2.24) is 4.98 Å². The monoisotopic (exact) mass is 189 g/mol. The van der Waals surface area contributed by atoms with Crippen molar-refractivity contribution in [3.63, 3.8) is 0 Å². The van der Waals surface area contributed by atoms with Gasteiger partial charge in [0, 0.05) is 11.5 Å². The molecule has 1 aromatic heterocycles. The maximum atomic E-state index is 10.6. The third-order valence-electron chi connectivity index (χ3n) is 1.89. The van der Waals surface area contributed by atoms with E-state index in [4.69, 9.17) is 5.11 Å². The van der Waals surface area contributed by atoms with Gasteiger partial charge >= 0.3 is 5.97 Å². The van der Waals surface area contributed by atoms with Crippen LogP contribution in [0.3, 0.4) is 0 Å². The molecule has 1 heterocycles. The summed E-state index contributed by atoms with van der Waals surface area (Å²) < 4.78 is 0. The predicted octanol–water partition coefficient (Wildman–Crippen LogP) is 1.64. The smallest absolute Gasteiger partial charge is 0.354 e. The SMILES string of the molecule is O=C(O)c1ccc2ccc(O)cc2n1. The Kier molecular flexibility index (Phi) is 1.81. The number of pyridine rings is 1. The van der Waals surface area contributed by atoms with Crippen molar-refractivity contribution in [1.29, 1.82) is 0 Å². The topological polar surface area (TPSA) is 70.4 Å². The second-order valence-corrected chi connectivity index (χ2v) is 2.88. The molecule has 0 fully saturated rings. The highest BCUT2D eigenvalue weighted by Gasteiger charge is 2.05. The van der Waals surface area contributed by atoms with Gasteiger partial charge in [0.2, 0.25) is 0 Å². The fourth-order valence-corrected chi connectivity index (χ4v) is 1.22. The second kappa shape index (κ2) is 2.99. The largest absolute Gasteiger partial charge is 0.508 e. The average Bonchev–Trinajstić information content (AvgIpc) is 2.16. The number of carboxylic acid groups (broad SMARTS) is 1. The van der Waals surface area contributed by atoms with Crippen LogP contribution in [0.2, 0.25) is 0 Å². The molecule has 0 radical (unpaired) electrons. The molecule has 2 aromatic rings. The highest BCUT2D eigenvalue weighted by Crippen LogP contribution is 2.18. The Labute approximate surface area is 79.4 Å². The molecular weight excluding hydrogens is 182 g/mol. The first-order chi connectivity index (χ1) is 6.66. The summed E-state index contributed by atoms with van der Waals surface area (Å²) in [5, 5.41) is 18.7. The van der Waals surface area contributed by atoms with Crippen molar-refractivity contribution in [3.8, 4) is 5.75 Å². The molecule has 4 nitrogen and oxygen atoms in total. The van der Waals surface area contributed by atoms with E-state index in [1.807, 2.05) is 0 Å². The zero-order valence-electron chi connectivity index (χ0n) is 7.14. The molecule has 0 bridgehead atoms. The van der Waals surface area contributed by atoms with Crippen molar-refractivity contribution in [3.05, 3.63) is 36.0 Å². The van der Waals surface area contributed by atoms with E-state index < -0.39 is 5.97 Å². The van der Waals surface area contributed by atoms with Crippen LogP contribution in [0.5, 0.6) is 5.75 Å². The number of hydrogen-bond donors (Lipinski definition) is 2. The summed E-state index contributed by atoms with van der Waals surface area (Å²) in [4.78, 5) is 14.5. The molecule has 2 N–H and O–H groups in total. The lowest BCUT2D eigenvalue weighted by Crippen LogP contribution is -1.99. The minimum Gasteiger partial charge on any atom is -0.508 e. The average molecular weight is 189 g/mol. The van der Waals surface area contributed by atoms with E-state index in [0.29, 0.717) is 5.52 Å². The molecule has 0 spiro atoms. The van der Waals surface area contributed by atoms with Gasteiger partial charge in [0.15, 0.2) is 0 Å². The Morgan fingerprint density at radius 2 is 1.93 bits per heavy atom. The summed E-state index contributed by atoms with van der Waals surface area (Å²) >= 11 is 0. The van der Waals surface area contributed by atoms with Crippen LogP contribution in [0.25, 0.3) is 10.9 Å². The predicted molar refractivity (Wildman–Crippen MR) is 50.4 cm³/mol. The van der Waals surface area contributed by atoms with Gasteiger partial charge in [-0.1, -0.05) is 6.07 Å². The Morgan fingerprint density at radius 3 is 2.64 bits per heavy atom. The van der Waals surface area contributed by atoms with Gasteiger partial charge < -0.3 is 10.2 Å². The van der Waals surface area contributed by atoms with Gasteiger partial charge in [-0.25, -0.2) is 9.78 Å². The molecule has 0 unspecified atom stereocenters.